The Hall–Kier alpha value is -8.22. The molecule has 2 N–H and O–H groups in total. The summed E-state index contributed by atoms with van der Waals surface area (Å²) in [4.78, 5) is 79.7. The lowest BCUT2D eigenvalue weighted by atomic mass is 9.78. The number of Topliss-reactive ketones (excluding diaryl/α,β-unsaturated/α-hetero) is 1. The molecule has 0 aliphatic heterocycles. The van der Waals surface area contributed by atoms with Crippen molar-refractivity contribution in [1.29, 1.82) is 0 Å². The van der Waals surface area contributed by atoms with Gasteiger partial charge in [-0.05, 0) is 107 Å². The Labute approximate surface area is 594 Å². The maximum atomic E-state index is 14.0. The van der Waals surface area contributed by atoms with Crippen molar-refractivity contribution in [2.75, 3.05) is 23.8 Å². The van der Waals surface area contributed by atoms with Crippen molar-refractivity contribution in [3.05, 3.63) is 188 Å². The van der Waals surface area contributed by atoms with Gasteiger partial charge in [-0.3, -0.25) is 28.8 Å². The number of hydrogen-bond donors (Lipinski definition) is 2. The van der Waals surface area contributed by atoms with Gasteiger partial charge < -0.3 is 29.2 Å². The van der Waals surface area contributed by atoms with Crippen LogP contribution in [-0.4, -0.2) is 45.7 Å². The molecule has 6 aromatic carbocycles. The SMILES string of the molecule is CCCCCCCCCC(CCCCCCCCC(=O)COCc1ccc(Nc2ccc3c4c(cc(=O)n3C)-c3ccccc3C(=O)c24)cc1)C(CCCCCCCCC)CCCCCCCCC(=O)OCCc1ccc(Nc2ccc3c4c(cc(=O)n3C)-c3ccccc3C(=O)c24)cc1. The molecule has 530 valence electrons. The largest absolute Gasteiger partial charge is 0.465 e. The fraction of sp³-hybridized carbons (Fsp3) is 0.477. The van der Waals surface area contributed by atoms with Gasteiger partial charge in [0.05, 0.1) is 46.7 Å². The molecule has 2 unspecified atom stereocenters. The number of rotatable bonds is 46. The highest BCUT2D eigenvalue weighted by Crippen LogP contribution is 2.44. The van der Waals surface area contributed by atoms with Gasteiger partial charge in [-0.15, -0.1) is 0 Å². The second kappa shape index (κ2) is 38.5. The van der Waals surface area contributed by atoms with Gasteiger partial charge in [0, 0.05) is 78.8 Å². The van der Waals surface area contributed by atoms with Crippen molar-refractivity contribution in [2.45, 2.75) is 232 Å². The predicted molar refractivity (Wildman–Crippen MR) is 411 cm³/mol. The quantitative estimate of drug-likeness (QED) is 0.0278. The number of ether oxygens (including phenoxy) is 2. The third-order valence-corrected chi connectivity index (χ3v) is 21.4. The Morgan fingerprint density at radius 3 is 1.22 bits per heavy atom. The maximum Gasteiger partial charge on any atom is 0.305 e. The zero-order valence-corrected chi connectivity index (χ0v) is 60.5. The van der Waals surface area contributed by atoms with E-state index in [0.717, 1.165) is 111 Å². The van der Waals surface area contributed by atoms with Gasteiger partial charge in [-0.25, -0.2) is 0 Å². The molecule has 10 rings (SSSR count). The Bertz CT molecular complexity index is 3880. The van der Waals surface area contributed by atoms with Crippen LogP contribution in [0.4, 0.5) is 22.7 Å². The van der Waals surface area contributed by atoms with E-state index >= 15 is 0 Å². The third kappa shape index (κ3) is 20.1. The normalized spacial score (nSPS) is 12.8. The monoisotopic (exact) mass is 1350 g/mol. The maximum absolute atomic E-state index is 14.0. The van der Waals surface area contributed by atoms with Crippen LogP contribution in [0.25, 0.3) is 44.1 Å². The molecule has 2 aliphatic carbocycles. The van der Waals surface area contributed by atoms with Crippen LogP contribution in [-0.2, 0) is 46.2 Å². The van der Waals surface area contributed by atoms with Crippen LogP contribution < -0.4 is 21.8 Å². The molecule has 12 nitrogen and oxygen atoms in total. The standard InChI is InChI=1S/C88H110N4O8/c1-5-7-9-11-13-19-25-35-65(37-27-21-15-17-23-29-39-69(93)62-99-61-64-47-51-68(52-48-64)90-77-54-56-79-84-75(60-81(95)92(79)4)71-41-32-34-43-73(71)88(98)86(77)84)66(36-26-20-14-12-10-8-6-2)38-28-22-16-18-24-30-44-82(96)100-58-57-63-45-49-67(50-46-63)89-76-53-55-78-83-74(59-80(94)91(78)3)70-40-31-33-42-72(70)87(97)85(76)83/h31-34,40-43,45-56,59-60,65-66,89-90H,5-30,35-39,44,57-58,61-62H2,1-4H3. The number of nitrogens with one attached hydrogen (secondary N) is 2. The van der Waals surface area contributed by atoms with Gasteiger partial charge in [0.15, 0.2) is 17.3 Å². The van der Waals surface area contributed by atoms with E-state index in [1.165, 1.54) is 161 Å². The summed E-state index contributed by atoms with van der Waals surface area (Å²) < 4.78 is 14.8. The third-order valence-electron chi connectivity index (χ3n) is 21.4. The van der Waals surface area contributed by atoms with Crippen molar-refractivity contribution in [3.8, 4) is 22.3 Å². The Morgan fingerprint density at radius 2 is 0.790 bits per heavy atom. The van der Waals surface area contributed by atoms with Crippen molar-refractivity contribution < 1.29 is 28.7 Å². The van der Waals surface area contributed by atoms with Crippen LogP contribution in [0.5, 0.6) is 0 Å². The smallest absolute Gasteiger partial charge is 0.305 e. The van der Waals surface area contributed by atoms with E-state index in [9.17, 15) is 28.8 Å². The molecule has 2 aliphatic rings. The second-order valence-corrected chi connectivity index (χ2v) is 28.7. The minimum atomic E-state index is -0.124. The summed E-state index contributed by atoms with van der Waals surface area (Å²) in [5.74, 6) is 1.50. The van der Waals surface area contributed by atoms with E-state index in [0.29, 0.717) is 66.1 Å². The summed E-state index contributed by atoms with van der Waals surface area (Å²) >= 11 is 0. The number of unbranched alkanes of at least 4 members (excludes halogenated alkanes) is 22. The molecule has 100 heavy (non-hydrogen) atoms. The number of benzene rings is 6. The van der Waals surface area contributed by atoms with Crippen LogP contribution >= 0.6 is 0 Å². The number of nitrogens with zero attached hydrogens (tertiary/aromatic N) is 2. The number of carbonyl (C=O) groups excluding carboxylic acids is 4. The first-order valence-corrected chi connectivity index (χ1v) is 38.5. The molecule has 0 bridgehead atoms. The van der Waals surface area contributed by atoms with Crippen LogP contribution in [0.15, 0.2) is 143 Å². The molecule has 0 saturated heterocycles. The fourth-order valence-electron chi connectivity index (χ4n) is 15.6. The minimum Gasteiger partial charge on any atom is -0.465 e. The second-order valence-electron chi connectivity index (χ2n) is 28.7. The Morgan fingerprint density at radius 1 is 0.410 bits per heavy atom. The predicted octanol–water partition coefficient (Wildman–Crippen LogP) is 21.9. The number of aryl methyl sites for hydroxylation is 2. The molecule has 0 saturated carbocycles. The molecule has 0 radical (unpaired) electrons. The first-order chi connectivity index (χ1) is 48.9. The van der Waals surface area contributed by atoms with Gasteiger partial charge >= 0.3 is 5.97 Å². The van der Waals surface area contributed by atoms with Crippen LogP contribution in [0, 0.1) is 11.8 Å². The Balaban J connectivity index is 0.608. The van der Waals surface area contributed by atoms with E-state index in [2.05, 4.69) is 24.5 Å². The number of esters is 1. The van der Waals surface area contributed by atoms with Gasteiger partial charge in [-0.1, -0.05) is 266 Å². The molecule has 0 fully saturated rings. The molecule has 0 amide bonds. The van der Waals surface area contributed by atoms with E-state index in [4.69, 9.17) is 9.47 Å². The highest BCUT2D eigenvalue weighted by molar-refractivity contribution is 6.29. The summed E-state index contributed by atoms with van der Waals surface area (Å²) in [6.07, 6.45) is 39.9. The first kappa shape index (κ1) is 74.5. The molecular weight excluding hydrogens is 1240 g/mol. The first-order valence-electron chi connectivity index (χ1n) is 38.5. The molecule has 8 aromatic rings. The van der Waals surface area contributed by atoms with Gasteiger partial charge in [0.25, 0.3) is 11.1 Å². The van der Waals surface area contributed by atoms with Gasteiger partial charge in [0.2, 0.25) is 0 Å². The molecule has 2 heterocycles. The summed E-state index contributed by atoms with van der Waals surface area (Å²) in [5.41, 5.74) is 11.7. The highest BCUT2D eigenvalue weighted by Gasteiger charge is 2.31. The average molecular weight is 1350 g/mol. The summed E-state index contributed by atoms with van der Waals surface area (Å²) in [6.45, 7) is 5.40. The lowest BCUT2D eigenvalue weighted by molar-refractivity contribution is -0.143. The summed E-state index contributed by atoms with van der Waals surface area (Å²) in [5, 5.41) is 8.51. The zero-order chi connectivity index (χ0) is 70.0. The number of hydrogen-bond acceptors (Lipinski definition) is 10. The van der Waals surface area contributed by atoms with Crippen molar-refractivity contribution in [3.63, 3.8) is 0 Å². The molecular formula is C88H110N4O8. The highest BCUT2D eigenvalue weighted by atomic mass is 16.5. The molecule has 2 aromatic heterocycles. The number of anilines is 4. The van der Waals surface area contributed by atoms with E-state index < -0.39 is 0 Å². The van der Waals surface area contributed by atoms with Crippen LogP contribution in [0.2, 0.25) is 0 Å². The van der Waals surface area contributed by atoms with Crippen molar-refractivity contribution in [1.82, 2.24) is 9.13 Å². The fourth-order valence-corrected chi connectivity index (χ4v) is 15.6. The van der Waals surface area contributed by atoms with Gasteiger partial charge in [0.1, 0.15) is 6.61 Å². The lowest BCUT2D eigenvalue weighted by Gasteiger charge is -2.28. The number of aromatic nitrogens is 2. The van der Waals surface area contributed by atoms with Gasteiger partial charge in [-0.2, -0.15) is 0 Å². The van der Waals surface area contributed by atoms with Crippen LogP contribution in [0.3, 0.4) is 0 Å². The topological polar surface area (TPSA) is 155 Å². The van der Waals surface area contributed by atoms with E-state index in [1.807, 2.05) is 121 Å². The minimum absolute atomic E-state index is 0.0680. The molecule has 2 atom stereocenters. The van der Waals surface area contributed by atoms with Crippen molar-refractivity contribution in [2.24, 2.45) is 25.9 Å². The average Bonchev–Trinajstić information content (AvgIpc) is 0.731. The summed E-state index contributed by atoms with van der Waals surface area (Å²) in [7, 11) is 3.48. The Kier molecular flexibility index (Phi) is 28.7. The number of fused-ring (bicyclic) bond motifs is 4. The number of pyridine rings is 2. The zero-order valence-electron chi connectivity index (χ0n) is 60.5. The van der Waals surface area contributed by atoms with Crippen molar-refractivity contribution >= 4 is 67.9 Å². The van der Waals surface area contributed by atoms with E-state index in [-0.39, 0.29) is 41.0 Å². The van der Waals surface area contributed by atoms with E-state index in [1.54, 1.807) is 35.4 Å². The molecule has 0 spiro atoms. The molecule has 12 heteroatoms. The number of ketones is 3. The number of carbonyl (C=O) groups is 4. The lowest BCUT2D eigenvalue weighted by Crippen LogP contribution is -2.21. The summed E-state index contributed by atoms with van der Waals surface area (Å²) in [6, 6.07) is 41.7. The van der Waals surface area contributed by atoms with Crippen LogP contribution in [0.1, 0.15) is 262 Å².